The van der Waals surface area contributed by atoms with Crippen molar-refractivity contribution in [1.82, 2.24) is 0 Å². The van der Waals surface area contributed by atoms with Crippen LogP contribution in [0.15, 0.2) is 0 Å². The van der Waals surface area contributed by atoms with Crippen molar-refractivity contribution in [3.05, 3.63) is 0 Å². The van der Waals surface area contributed by atoms with Gasteiger partial charge in [0, 0.05) is 132 Å². The molecule has 0 aliphatic carbocycles. The quantitative estimate of drug-likeness (QED) is 0.101. The number of hydrogen-bond acceptors (Lipinski definition) is 22. The van der Waals surface area contributed by atoms with Gasteiger partial charge in [0.2, 0.25) is 0 Å². The third-order valence-corrected chi connectivity index (χ3v) is 3.54. The third kappa shape index (κ3) is 3350. The summed E-state index contributed by atoms with van der Waals surface area (Å²) in [5, 5.41) is 152. The van der Waals surface area contributed by atoms with Gasteiger partial charge in [-0.2, -0.15) is 0 Å². The molecule has 0 rings (SSSR count). The van der Waals surface area contributed by atoms with Gasteiger partial charge in [0.25, 0.3) is 107 Å². The van der Waals surface area contributed by atoms with E-state index in [1.807, 2.05) is 6.92 Å². The van der Waals surface area contributed by atoms with E-state index in [1.165, 1.54) is 26.2 Å². The minimum Gasteiger partial charge on any atom is -0.481 e. The van der Waals surface area contributed by atoms with E-state index in [1.54, 1.807) is 6.92 Å². The van der Waals surface area contributed by atoms with Gasteiger partial charge in [0.1, 0.15) is 0 Å². The maximum absolute atomic E-state index is 11.0. The fraction of sp³-hybridized carbons (Fsp3) is 0.615. The molecule has 41 heteroatoms. The first-order valence-electron chi connectivity index (χ1n) is 24.6. The van der Waals surface area contributed by atoms with Gasteiger partial charge in [-0.05, 0) is 19.8 Å². The van der Waals surface area contributed by atoms with Crippen LogP contribution in [-0.2, 0) is 101 Å². The van der Waals surface area contributed by atoms with Crippen molar-refractivity contribution in [2.24, 2.45) is 5.41 Å². The van der Waals surface area contributed by atoms with Crippen LogP contribution in [0, 0.1) is 5.41 Å². The van der Waals surface area contributed by atoms with Gasteiger partial charge in [-0.25, -0.2) is 0 Å². The van der Waals surface area contributed by atoms with Crippen LogP contribution < -0.4 is 0 Å². The Bertz CT molecular complexity index is 1410. The third-order valence-electron chi connectivity index (χ3n) is 3.54. The van der Waals surface area contributed by atoms with Crippen LogP contribution in [0.2, 0.25) is 0 Å². The van der Waals surface area contributed by atoms with E-state index >= 15 is 0 Å². The predicted molar refractivity (Wildman–Crippen MR) is 323 cm³/mol. The predicted octanol–water partition coefficient (Wildman–Crippen LogP) is 5.03. The van der Waals surface area contributed by atoms with Gasteiger partial charge in [0.15, 0.2) is 0 Å². The zero-order valence-electron chi connectivity index (χ0n) is 56.4. The molecule has 0 aliphatic heterocycles. The Morgan fingerprint density at radius 1 is 0.247 bits per heavy atom. The molecule has 1 atom stereocenters. The highest BCUT2D eigenvalue weighted by molar-refractivity contribution is 5.74. The molecule has 20 N–H and O–H groups in total. The summed E-state index contributed by atoms with van der Waals surface area (Å²) in [5.74, 6) is -16.1. The summed E-state index contributed by atoms with van der Waals surface area (Å²) in [6.07, 6.45) is 6.65. The second kappa shape index (κ2) is 123. The summed E-state index contributed by atoms with van der Waals surface area (Å²) in [7, 11) is 0. The summed E-state index contributed by atoms with van der Waals surface area (Å²) in [6, 6.07) is 0. The lowest BCUT2D eigenvalue weighted by atomic mass is 9.81. The van der Waals surface area contributed by atoms with Crippen molar-refractivity contribution in [3.8, 4) is 0 Å². The second-order valence-corrected chi connectivity index (χ2v) is 14.5. The average molecular weight is 1390 g/mol. The Labute approximate surface area is 537 Å². The molecule has 0 aromatic heterocycles. The highest BCUT2D eigenvalue weighted by Crippen LogP contribution is 2.29. The van der Waals surface area contributed by atoms with E-state index in [9.17, 15) is 9.59 Å². The Kier molecular flexibility index (Phi) is 185. The first-order valence-corrected chi connectivity index (χ1v) is 24.6. The van der Waals surface area contributed by atoms with E-state index in [-0.39, 0.29) is 12.6 Å². The van der Waals surface area contributed by atoms with Gasteiger partial charge in [0.05, 0.1) is 18.6 Å². The maximum atomic E-state index is 11.0. The number of ether oxygens (including phenoxy) is 1. The van der Waals surface area contributed by atoms with Crippen molar-refractivity contribution in [2.45, 2.75) is 197 Å². The highest BCUT2D eigenvalue weighted by atomic mass is 16.5. The van der Waals surface area contributed by atoms with Gasteiger partial charge in [-0.15, -0.1) is 0 Å². The number of hydrogen-bond donors (Lipinski definition) is 20. The minimum atomic E-state index is -0.897. The molecule has 0 fully saturated rings. The molecule has 0 radical (unpaired) electrons. The monoisotopic (exact) mass is 1380 g/mol. The van der Waals surface area contributed by atoms with E-state index in [2.05, 4.69) is 11.7 Å². The number of aliphatic carboxylic acids is 19. The number of unbranched alkanes of at least 4 members (excludes halogenated alkanes) is 4. The van der Waals surface area contributed by atoms with Crippen molar-refractivity contribution >= 4 is 119 Å². The molecule has 41 nitrogen and oxygen atoms in total. The maximum Gasteiger partial charge on any atom is 0.311 e. The zero-order chi connectivity index (χ0) is 81.1. The smallest absolute Gasteiger partial charge is 0.311 e. The molecule has 0 aromatic carbocycles. The molecule has 0 amide bonds. The van der Waals surface area contributed by atoms with Crippen molar-refractivity contribution in [1.29, 1.82) is 0 Å². The van der Waals surface area contributed by atoms with Crippen LogP contribution in [0.1, 0.15) is 197 Å². The molecule has 1 unspecified atom stereocenters. The fourth-order valence-electron chi connectivity index (χ4n) is 1.96. The minimum absolute atomic E-state index is 0.211. The number of carboxylic acids is 19. The molecule has 0 spiro atoms. The Balaban J connectivity index is -0.0000000342. The van der Waals surface area contributed by atoms with Crippen LogP contribution in [-0.4, -0.2) is 235 Å². The number of esters is 1. The van der Waals surface area contributed by atoms with Crippen LogP contribution in [0.25, 0.3) is 0 Å². The Morgan fingerprint density at radius 2 is 0.376 bits per heavy atom. The summed E-state index contributed by atoms with van der Waals surface area (Å²) < 4.78 is 4.40. The molecular formula is C52H104O41. The standard InChI is InChI=1S/C12H24O3.C4H8O2.18C2H4O2/c1-3-5-6-7-8-9-12(4-2,10-13)11(14)15;1-3-6-4(2)5;18*1-2(3)4/h13H,3-10H2,1-2H3,(H,14,15);3H2,1-2H3;18*1H3,(H,3,4). The summed E-state index contributed by atoms with van der Waals surface area (Å²) in [6.45, 7) is 26.9. The van der Waals surface area contributed by atoms with Gasteiger partial charge >= 0.3 is 11.9 Å². The molecule has 0 saturated carbocycles. The van der Waals surface area contributed by atoms with Crippen LogP contribution >= 0.6 is 0 Å². The number of carbonyl (C=O) groups is 20. The SMILES string of the molecule is CC(=O)O.CC(=O)O.CC(=O)O.CC(=O)O.CC(=O)O.CC(=O)O.CC(=O)O.CC(=O)O.CC(=O)O.CC(=O)O.CC(=O)O.CC(=O)O.CC(=O)O.CC(=O)O.CC(=O)O.CC(=O)O.CC(=O)O.CC(=O)O.CCCCCCCC(CC)(CO)C(=O)O.CCOC(C)=O. The van der Waals surface area contributed by atoms with E-state index in [0.717, 1.165) is 137 Å². The van der Waals surface area contributed by atoms with E-state index in [4.69, 9.17) is 188 Å². The highest BCUT2D eigenvalue weighted by Gasteiger charge is 2.35. The first-order chi connectivity index (χ1) is 41.1. The van der Waals surface area contributed by atoms with Crippen LogP contribution in [0.5, 0.6) is 0 Å². The number of carboxylic acid groups (broad SMARTS) is 19. The number of rotatable bonds is 10. The topological polar surface area (TPSA) is 755 Å². The second-order valence-electron chi connectivity index (χ2n) is 14.5. The fourth-order valence-corrected chi connectivity index (χ4v) is 1.96. The van der Waals surface area contributed by atoms with Crippen molar-refractivity contribution in [3.63, 3.8) is 0 Å². The number of aliphatic hydroxyl groups excluding tert-OH is 1. The first kappa shape index (κ1) is 140. The summed E-state index contributed by atoms with van der Waals surface area (Å²) in [4.78, 5) is 183. The average Bonchev–Trinajstić information content (AvgIpc) is 3.22. The van der Waals surface area contributed by atoms with Crippen molar-refractivity contribution in [2.75, 3.05) is 13.2 Å². The zero-order valence-corrected chi connectivity index (χ0v) is 56.4. The van der Waals surface area contributed by atoms with Gasteiger partial charge in [-0.3, -0.25) is 95.9 Å². The van der Waals surface area contributed by atoms with Crippen LogP contribution in [0.3, 0.4) is 0 Å². The summed E-state index contributed by atoms with van der Waals surface area (Å²) in [5.41, 5.74) is -0.897. The Hall–Kier alpha value is -10.6. The number of aliphatic hydroxyl groups is 1. The molecule has 558 valence electrons. The Morgan fingerprint density at radius 3 is 0.441 bits per heavy atom. The lowest BCUT2D eigenvalue weighted by Gasteiger charge is -2.25. The molecule has 93 heavy (non-hydrogen) atoms. The lowest BCUT2D eigenvalue weighted by molar-refractivity contribution is -0.153. The molecule has 0 heterocycles. The molecule has 0 aliphatic rings. The largest absolute Gasteiger partial charge is 0.481 e. The number of carbonyl (C=O) groups excluding carboxylic acids is 1. The van der Waals surface area contributed by atoms with Gasteiger partial charge < -0.3 is 107 Å². The molecule has 0 saturated heterocycles. The van der Waals surface area contributed by atoms with E-state index < -0.39 is 119 Å². The molecule has 0 aromatic rings. The van der Waals surface area contributed by atoms with Crippen LogP contribution in [0.4, 0.5) is 0 Å². The van der Waals surface area contributed by atoms with Gasteiger partial charge in [-0.1, -0.05) is 46.0 Å². The van der Waals surface area contributed by atoms with E-state index in [0.29, 0.717) is 19.4 Å². The molecule has 0 bridgehead atoms. The lowest BCUT2D eigenvalue weighted by Crippen LogP contribution is -2.34. The summed E-state index contributed by atoms with van der Waals surface area (Å²) >= 11 is 0. The molecular weight excluding hydrogens is 1280 g/mol. The van der Waals surface area contributed by atoms with Crippen molar-refractivity contribution < 1.29 is 203 Å². The normalized spacial score (nSPS) is 7.73.